The summed E-state index contributed by atoms with van der Waals surface area (Å²) in [6, 6.07) is 0. The van der Waals surface area contributed by atoms with E-state index in [1.54, 1.807) is 6.92 Å². The van der Waals surface area contributed by atoms with E-state index in [1.165, 1.54) is 0 Å². The van der Waals surface area contributed by atoms with E-state index in [4.69, 9.17) is 9.84 Å². The maximum atomic E-state index is 11.7. The average Bonchev–Trinajstić information content (AvgIpc) is 2.94. The molecule has 1 unspecified atom stereocenters. The van der Waals surface area contributed by atoms with Crippen LogP contribution in [0.2, 0.25) is 0 Å². The molecule has 6 nitrogen and oxygen atoms in total. The van der Waals surface area contributed by atoms with Gasteiger partial charge in [0.05, 0.1) is 12.2 Å². The van der Waals surface area contributed by atoms with Gasteiger partial charge in [0.2, 0.25) is 5.91 Å². The second-order valence-electron chi connectivity index (χ2n) is 4.05. The number of nitrogens with zero attached hydrogens (tertiary/aromatic N) is 1. The third-order valence-electron chi connectivity index (χ3n) is 2.67. The molecule has 7 heteroatoms. The summed E-state index contributed by atoms with van der Waals surface area (Å²) < 4.78 is 5.25. The van der Waals surface area contributed by atoms with Crippen molar-refractivity contribution in [2.45, 2.75) is 32.4 Å². The molecule has 2 heterocycles. The number of aryl methyl sites for hydroxylation is 1. The molecular weight excluding hydrogens is 256 g/mol. The van der Waals surface area contributed by atoms with Gasteiger partial charge in [-0.05, 0) is 19.8 Å². The van der Waals surface area contributed by atoms with Crippen LogP contribution in [-0.2, 0) is 16.1 Å². The Bertz CT molecular complexity index is 466. The van der Waals surface area contributed by atoms with Crippen LogP contribution in [0.4, 0.5) is 0 Å². The number of amides is 1. The second kappa shape index (κ2) is 5.45. The third kappa shape index (κ3) is 2.85. The first-order chi connectivity index (χ1) is 8.58. The molecule has 1 amide bonds. The molecule has 1 fully saturated rings. The van der Waals surface area contributed by atoms with Crippen molar-refractivity contribution < 1.29 is 19.4 Å². The lowest BCUT2D eigenvalue weighted by Crippen LogP contribution is -2.33. The van der Waals surface area contributed by atoms with Crippen molar-refractivity contribution in [1.29, 1.82) is 0 Å². The molecular formula is C11H14N2O4S. The number of carboxylic acid groups (broad SMARTS) is 1. The van der Waals surface area contributed by atoms with Gasteiger partial charge < -0.3 is 15.2 Å². The van der Waals surface area contributed by atoms with E-state index in [-0.39, 0.29) is 23.4 Å². The molecule has 1 saturated heterocycles. The summed E-state index contributed by atoms with van der Waals surface area (Å²) in [7, 11) is 0. The Morgan fingerprint density at radius 3 is 2.94 bits per heavy atom. The highest BCUT2D eigenvalue weighted by Gasteiger charge is 2.23. The molecule has 1 atom stereocenters. The van der Waals surface area contributed by atoms with Crippen molar-refractivity contribution in [3.8, 4) is 0 Å². The number of carbonyl (C=O) groups is 2. The fourth-order valence-electron chi connectivity index (χ4n) is 1.79. The van der Waals surface area contributed by atoms with Crippen molar-refractivity contribution in [1.82, 2.24) is 10.3 Å². The quantitative estimate of drug-likeness (QED) is 0.850. The number of aromatic carboxylic acids is 1. The SMILES string of the molecule is Cc1nc(CNC(=O)C2CCCO2)sc1C(=O)O. The summed E-state index contributed by atoms with van der Waals surface area (Å²) in [6.07, 6.45) is 1.27. The molecule has 1 aromatic rings. The molecule has 1 aliphatic rings. The average molecular weight is 270 g/mol. The van der Waals surface area contributed by atoms with Crippen LogP contribution in [-0.4, -0.2) is 34.7 Å². The van der Waals surface area contributed by atoms with Gasteiger partial charge in [-0.1, -0.05) is 0 Å². The lowest BCUT2D eigenvalue weighted by molar-refractivity contribution is -0.130. The number of rotatable bonds is 4. The normalized spacial score (nSPS) is 18.8. The summed E-state index contributed by atoms with van der Waals surface area (Å²) in [5.74, 6) is -1.14. The van der Waals surface area contributed by atoms with E-state index < -0.39 is 5.97 Å². The summed E-state index contributed by atoms with van der Waals surface area (Å²) in [4.78, 5) is 26.8. The lowest BCUT2D eigenvalue weighted by atomic mass is 10.2. The summed E-state index contributed by atoms with van der Waals surface area (Å²) in [5.41, 5.74) is 0.480. The molecule has 2 N–H and O–H groups in total. The van der Waals surface area contributed by atoms with E-state index in [0.29, 0.717) is 17.3 Å². The van der Waals surface area contributed by atoms with Crippen LogP contribution in [0.1, 0.15) is 33.2 Å². The Morgan fingerprint density at radius 1 is 1.61 bits per heavy atom. The maximum Gasteiger partial charge on any atom is 0.347 e. The van der Waals surface area contributed by atoms with E-state index in [1.807, 2.05) is 0 Å². The standard InChI is InChI=1S/C11H14N2O4S/c1-6-9(11(15)16)18-8(13-6)5-12-10(14)7-3-2-4-17-7/h7H,2-5H2,1H3,(H,12,14)(H,15,16). The highest BCUT2D eigenvalue weighted by atomic mass is 32.1. The van der Waals surface area contributed by atoms with Crippen molar-refractivity contribution >= 4 is 23.2 Å². The van der Waals surface area contributed by atoms with Gasteiger partial charge in [-0.2, -0.15) is 0 Å². The number of hydrogen-bond donors (Lipinski definition) is 2. The minimum Gasteiger partial charge on any atom is -0.477 e. The van der Waals surface area contributed by atoms with Gasteiger partial charge in [0.15, 0.2) is 0 Å². The predicted octanol–water partition coefficient (Wildman–Crippen LogP) is 0.945. The van der Waals surface area contributed by atoms with Crippen molar-refractivity contribution in [2.75, 3.05) is 6.61 Å². The van der Waals surface area contributed by atoms with Gasteiger partial charge in [-0.25, -0.2) is 9.78 Å². The zero-order valence-electron chi connectivity index (χ0n) is 9.93. The Labute approximate surface area is 108 Å². The topological polar surface area (TPSA) is 88.5 Å². The molecule has 0 radical (unpaired) electrons. The van der Waals surface area contributed by atoms with Gasteiger partial charge in [0, 0.05) is 6.61 Å². The summed E-state index contributed by atoms with van der Waals surface area (Å²) in [6.45, 7) is 2.51. The fraction of sp³-hybridized carbons (Fsp3) is 0.545. The first-order valence-corrected chi connectivity index (χ1v) is 6.48. The van der Waals surface area contributed by atoms with Crippen LogP contribution in [0, 0.1) is 6.92 Å². The van der Waals surface area contributed by atoms with Gasteiger partial charge >= 0.3 is 5.97 Å². The van der Waals surface area contributed by atoms with Crippen LogP contribution in [0.15, 0.2) is 0 Å². The Balaban J connectivity index is 1.91. The molecule has 0 aliphatic carbocycles. The number of nitrogens with one attached hydrogen (secondary N) is 1. The maximum absolute atomic E-state index is 11.7. The number of aromatic nitrogens is 1. The summed E-state index contributed by atoms with van der Waals surface area (Å²) >= 11 is 1.09. The molecule has 0 bridgehead atoms. The Morgan fingerprint density at radius 2 is 2.39 bits per heavy atom. The first-order valence-electron chi connectivity index (χ1n) is 5.67. The number of hydrogen-bond acceptors (Lipinski definition) is 5. The minimum absolute atomic E-state index is 0.155. The lowest BCUT2D eigenvalue weighted by Gasteiger charge is -2.08. The molecule has 0 saturated carbocycles. The van der Waals surface area contributed by atoms with E-state index in [0.717, 1.165) is 24.2 Å². The van der Waals surface area contributed by atoms with Gasteiger partial charge in [0.25, 0.3) is 0 Å². The number of carbonyl (C=O) groups excluding carboxylic acids is 1. The molecule has 18 heavy (non-hydrogen) atoms. The predicted molar refractivity (Wildman–Crippen MR) is 64.6 cm³/mol. The fourth-order valence-corrected chi connectivity index (χ4v) is 2.63. The first kappa shape index (κ1) is 13.0. The van der Waals surface area contributed by atoms with Crippen molar-refractivity contribution in [3.05, 3.63) is 15.6 Å². The monoisotopic (exact) mass is 270 g/mol. The van der Waals surface area contributed by atoms with Gasteiger partial charge in [-0.15, -0.1) is 11.3 Å². The smallest absolute Gasteiger partial charge is 0.347 e. The van der Waals surface area contributed by atoms with Crippen molar-refractivity contribution in [2.24, 2.45) is 0 Å². The highest BCUT2D eigenvalue weighted by Crippen LogP contribution is 2.18. The summed E-state index contributed by atoms with van der Waals surface area (Å²) in [5, 5.41) is 12.2. The zero-order valence-corrected chi connectivity index (χ0v) is 10.7. The largest absolute Gasteiger partial charge is 0.477 e. The van der Waals surface area contributed by atoms with Crippen LogP contribution in [0.25, 0.3) is 0 Å². The van der Waals surface area contributed by atoms with Crippen LogP contribution in [0.3, 0.4) is 0 Å². The second-order valence-corrected chi connectivity index (χ2v) is 5.13. The molecule has 2 rings (SSSR count). The van der Waals surface area contributed by atoms with Crippen LogP contribution >= 0.6 is 11.3 Å². The van der Waals surface area contributed by atoms with Crippen LogP contribution < -0.4 is 5.32 Å². The minimum atomic E-state index is -0.985. The molecule has 0 aromatic carbocycles. The number of carboxylic acids is 1. The number of ether oxygens (including phenoxy) is 1. The molecule has 0 spiro atoms. The molecule has 1 aromatic heterocycles. The van der Waals surface area contributed by atoms with Gasteiger partial charge in [0.1, 0.15) is 16.0 Å². The van der Waals surface area contributed by atoms with E-state index in [2.05, 4.69) is 10.3 Å². The number of thiazole rings is 1. The Kier molecular flexibility index (Phi) is 3.93. The molecule has 98 valence electrons. The highest BCUT2D eigenvalue weighted by molar-refractivity contribution is 7.13. The third-order valence-corrected chi connectivity index (χ3v) is 3.82. The Hall–Kier alpha value is -1.47. The van der Waals surface area contributed by atoms with E-state index in [9.17, 15) is 9.59 Å². The zero-order chi connectivity index (χ0) is 13.1. The van der Waals surface area contributed by atoms with E-state index >= 15 is 0 Å². The van der Waals surface area contributed by atoms with Gasteiger partial charge in [-0.3, -0.25) is 4.79 Å². The molecule has 1 aliphatic heterocycles. The van der Waals surface area contributed by atoms with Crippen LogP contribution in [0.5, 0.6) is 0 Å². The van der Waals surface area contributed by atoms with Crippen molar-refractivity contribution in [3.63, 3.8) is 0 Å².